The van der Waals surface area contributed by atoms with Crippen molar-refractivity contribution in [3.05, 3.63) is 48.4 Å². The summed E-state index contributed by atoms with van der Waals surface area (Å²) in [5.41, 5.74) is 3.19. The standard InChI is InChI=1S/C15H17N3O3/c1-11(17-13-7-3-4-8-14(13)20-2)15(19)18-16-10-12-6-5-9-21-12/h3-11,17H,1-2H3,(H,18,19)/b16-10-/t11-/m0/s1. The number of nitrogens with one attached hydrogen (secondary N) is 2. The molecule has 2 rings (SSSR count). The van der Waals surface area contributed by atoms with Gasteiger partial charge in [-0.1, -0.05) is 12.1 Å². The van der Waals surface area contributed by atoms with Crippen LogP contribution in [0.15, 0.2) is 52.2 Å². The second-order valence-electron chi connectivity index (χ2n) is 4.32. The number of anilines is 1. The molecule has 0 radical (unpaired) electrons. The van der Waals surface area contributed by atoms with E-state index in [1.54, 1.807) is 26.2 Å². The Kier molecular flexibility index (Phi) is 4.98. The molecule has 1 atom stereocenters. The van der Waals surface area contributed by atoms with E-state index in [4.69, 9.17) is 9.15 Å². The number of rotatable bonds is 6. The number of benzene rings is 1. The van der Waals surface area contributed by atoms with E-state index < -0.39 is 6.04 Å². The zero-order valence-electron chi connectivity index (χ0n) is 11.9. The summed E-state index contributed by atoms with van der Waals surface area (Å²) >= 11 is 0. The van der Waals surface area contributed by atoms with Crippen molar-refractivity contribution in [2.24, 2.45) is 5.10 Å². The third-order valence-corrected chi connectivity index (χ3v) is 2.78. The Hall–Kier alpha value is -2.76. The molecule has 6 heteroatoms. The second-order valence-corrected chi connectivity index (χ2v) is 4.32. The number of furan rings is 1. The monoisotopic (exact) mass is 287 g/mol. The Morgan fingerprint density at radius 1 is 1.33 bits per heavy atom. The molecule has 0 saturated heterocycles. The molecule has 2 aromatic rings. The minimum atomic E-state index is -0.463. The van der Waals surface area contributed by atoms with E-state index in [1.165, 1.54) is 12.5 Å². The molecule has 0 bridgehead atoms. The molecule has 1 aromatic carbocycles. The van der Waals surface area contributed by atoms with Crippen LogP contribution in [0.2, 0.25) is 0 Å². The summed E-state index contributed by atoms with van der Waals surface area (Å²) in [5.74, 6) is 0.987. The predicted octanol–water partition coefficient (Wildman–Crippen LogP) is 2.24. The number of carbonyl (C=O) groups excluding carboxylic acids is 1. The lowest BCUT2D eigenvalue weighted by molar-refractivity contribution is -0.121. The van der Waals surface area contributed by atoms with Crippen LogP contribution in [-0.2, 0) is 4.79 Å². The molecule has 0 saturated carbocycles. The smallest absolute Gasteiger partial charge is 0.262 e. The van der Waals surface area contributed by atoms with Gasteiger partial charge in [-0.15, -0.1) is 0 Å². The van der Waals surface area contributed by atoms with Gasteiger partial charge in [0.15, 0.2) is 0 Å². The van der Waals surface area contributed by atoms with Crippen LogP contribution in [0.4, 0.5) is 5.69 Å². The van der Waals surface area contributed by atoms with Crippen LogP contribution in [-0.4, -0.2) is 25.3 Å². The van der Waals surface area contributed by atoms with Crippen molar-refractivity contribution in [3.63, 3.8) is 0 Å². The molecule has 0 fully saturated rings. The van der Waals surface area contributed by atoms with Crippen LogP contribution in [0.1, 0.15) is 12.7 Å². The summed E-state index contributed by atoms with van der Waals surface area (Å²) < 4.78 is 10.3. The predicted molar refractivity (Wildman–Crippen MR) is 80.5 cm³/mol. The summed E-state index contributed by atoms with van der Waals surface area (Å²) in [5, 5.41) is 6.90. The SMILES string of the molecule is COc1ccccc1N[C@@H](C)C(=O)N/N=C\c1ccco1. The Morgan fingerprint density at radius 3 is 2.86 bits per heavy atom. The van der Waals surface area contributed by atoms with Crippen LogP contribution >= 0.6 is 0 Å². The first-order valence-corrected chi connectivity index (χ1v) is 6.46. The van der Waals surface area contributed by atoms with Crippen LogP contribution in [0.25, 0.3) is 0 Å². The summed E-state index contributed by atoms with van der Waals surface area (Å²) in [6.07, 6.45) is 2.97. The number of ether oxygens (including phenoxy) is 1. The first-order chi connectivity index (χ1) is 10.2. The Labute approximate surface area is 122 Å². The Morgan fingerprint density at radius 2 is 2.14 bits per heavy atom. The fourth-order valence-electron chi connectivity index (χ4n) is 1.68. The first kappa shape index (κ1) is 14.6. The highest BCUT2D eigenvalue weighted by Gasteiger charge is 2.13. The van der Waals surface area contributed by atoms with E-state index >= 15 is 0 Å². The van der Waals surface area contributed by atoms with E-state index in [2.05, 4.69) is 15.8 Å². The summed E-state index contributed by atoms with van der Waals surface area (Å²) in [4.78, 5) is 11.9. The number of para-hydroxylation sites is 2. The fourth-order valence-corrected chi connectivity index (χ4v) is 1.68. The molecule has 1 aromatic heterocycles. The van der Waals surface area contributed by atoms with Crippen molar-refractivity contribution < 1.29 is 13.9 Å². The van der Waals surface area contributed by atoms with Crippen LogP contribution in [0.3, 0.4) is 0 Å². The zero-order valence-corrected chi connectivity index (χ0v) is 11.9. The fraction of sp³-hybridized carbons (Fsp3) is 0.200. The van der Waals surface area contributed by atoms with E-state index in [0.717, 1.165) is 5.69 Å². The lowest BCUT2D eigenvalue weighted by Gasteiger charge is -2.15. The molecule has 0 aliphatic carbocycles. The van der Waals surface area contributed by atoms with Gasteiger partial charge in [-0.3, -0.25) is 4.79 Å². The third kappa shape index (κ3) is 4.10. The number of methoxy groups -OCH3 is 1. The molecule has 2 N–H and O–H groups in total. The van der Waals surface area contributed by atoms with Crippen molar-refractivity contribution >= 4 is 17.8 Å². The quantitative estimate of drug-likeness (QED) is 0.631. The van der Waals surface area contributed by atoms with Crippen molar-refractivity contribution in [1.29, 1.82) is 0 Å². The minimum absolute atomic E-state index is 0.260. The van der Waals surface area contributed by atoms with Gasteiger partial charge in [0.05, 0.1) is 25.3 Å². The number of hydrazone groups is 1. The van der Waals surface area contributed by atoms with Gasteiger partial charge in [-0.25, -0.2) is 5.43 Å². The topological polar surface area (TPSA) is 75.9 Å². The molecule has 1 amide bonds. The van der Waals surface area contributed by atoms with Gasteiger partial charge in [-0.05, 0) is 31.2 Å². The molecule has 0 aliphatic rings. The molecule has 1 heterocycles. The summed E-state index contributed by atoms with van der Waals surface area (Å²) in [6.45, 7) is 1.74. The Balaban J connectivity index is 1.90. The van der Waals surface area contributed by atoms with Crippen LogP contribution < -0.4 is 15.5 Å². The lowest BCUT2D eigenvalue weighted by Crippen LogP contribution is -2.35. The minimum Gasteiger partial charge on any atom is -0.495 e. The maximum absolute atomic E-state index is 11.9. The van der Waals surface area contributed by atoms with Crippen LogP contribution in [0.5, 0.6) is 5.75 Å². The normalized spacial score (nSPS) is 12.1. The van der Waals surface area contributed by atoms with Gasteiger partial charge in [0.1, 0.15) is 17.6 Å². The van der Waals surface area contributed by atoms with Crippen molar-refractivity contribution in [2.45, 2.75) is 13.0 Å². The van der Waals surface area contributed by atoms with Gasteiger partial charge >= 0.3 is 0 Å². The van der Waals surface area contributed by atoms with Gasteiger partial charge in [-0.2, -0.15) is 5.10 Å². The number of carbonyl (C=O) groups is 1. The lowest BCUT2D eigenvalue weighted by atomic mass is 10.2. The molecule has 6 nitrogen and oxygen atoms in total. The van der Waals surface area contributed by atoms with E-state index in [-0.39, 0.29) is 5.91 Å². The molecule has 0 unspecified atom stereocenters. The average molecular weight is 287 g/mol. The maximum atomic E-state index is 11.9. The van der Waals surface area contributed by atoms with Gasteiger partial charge in [0.25, 0.3) is 5.91 Å². The van der Waals surface area contributed by atoms with Gasteiger partial charge in [0.2, 0.25) is 0 Å². The van der Waals surface area contributed by atoms with E-state index in [0.29, 0.717) is 11.5 Å². The summed E-state index contributed by atoms with van der Waals surface area (Å²) in [7, 11) is 1.58. The van der Waals surface area contributed by atoms with Gasteiger partial charge < -0.3 is 14.5 Å². The second kappa shape index (κ2) is 7.14. The maximum Gasteiger partial charge on any atom is 0.262 e. The van der Waals surface area contributed by atoms with E-state index in [1.807, 2.05) is 24.3 Å². The zero-order chi connectivity index (χ0) is 15.1. The number of nitrogens with zero attached hydrogens (tertiary/aromatic N) is 1. The highest BCUT2D eigenvalue weighted by Crippen LogP contribution is 2.23. The average Bonchev–Trinajstić information content (AvgIpc) is 3.01. The molecule has 110 valence electrons. The number of hydrogen-bond acceptors (Lipinski definition) is 5. The highest BCUT2D eigenvalue weighted by atomic mass is 16.5. The van der Waals surface area contributed by atoms with Crippen molar-refractivity contribution in [1.82, 2.24) is 5.43 Å². The van der Waals surface area contributed by atoms with Crippen molar-refractivity contribution in [3.8, 4) is 5.75 Å². The number of hydrogen-bond donors (Lipinski definition) is 2. The third-order valence-electron chi connectivity index (χ3n) is 2.78. The number of amides is 1. The van der Waals surface area contributed by atoms with Crippen molar-refractivity contribution in [2.75, 3.05) is 12.4 Å². The molecule has 0 spiro atoms. The molecule has 0 aliphatic heterocycles. The van der Waals surface area contributed by atoms with Gasteiger partial charge in [0, 0.05) is 0 Å². The van der Waals surface area contributed by atoms with E-state index in [9.17, 15) is 4.79 Å². The molecule has 21 heavy (non-hydrogen) atoms. The summed E-state index contributed by atoms with van der Waals surface area (Å²) in [6, 6.07) is 10.4. The highest BCUT2D eigenvalue weighted by molar-refractivity contribution is 5.86. The largest absolute Gasteiger partial charge is 0.495 e. The Bertz CT molecular complexity index is 608. The van der Waals surface area contributed by atoms with Crippen LogP contribution in [0, 0.1) is 0 Å². The molecular formula is C15H17N3O3. The molecular weight excluding hydrogens is 270 g/mol. The first-order valence-electron chi connectivity index (χ1n) is 6.46.